The molecule has 9 heteroatoms. The van der Waals surface area contributed by atoms with E-state index in [9.17, 15) is 27.6 Å². The fourth-order valence-electron chi connectivity index (χ4n) is 4.29. The summed E-state index contributed by atoms with van der Waals surface area (Å²) < 4.78 is 37.1. The van der Waals surface area contributed by atoms with Crippen molar-refractivity contribution in [2.75, 3.05) is 19.6 Å². The number of rotatable bonds is 15. The van der Waals surface area contributed by atoms with E-state index in [0.717, 1.165) is 18.4 Å². The second-order valence-corrected chi connectivity index (χ2v) is 9.68. The zero-order valence-electron chi connectivity index (χ0n) is 22.7. The third kappa shape index (κ3) is 11.5. The Morgan fingerprint density at radius 2 is 1.59 bits per heavy atom. The highest BCUT2D eigenvalue weighted by Gasteiger charge is 2.27. The van der Waals surface area contributed by atoms with E-state index in [1.54, 1.807) is 29.2 Å². The van der Waals surface area contributed by atoms with Gasteiger partial charge in [0.05, 0.1) is 0 Å². The number of carbonyl (C=O) groups is 3. The van der Waals surface area contributed by atoms with Gasteiger partial charge in [-0.1, -0.05) is 50.2 Å². The lowest BCUT2D eigenvalue weighted by Gasteiger charge is -2.23. The summed E-state index contributed by atoms with van der Waals surface area (Å²) >= 11 is 0. The highest BCUT2D eigenvalue weighted by Crippen LogP contribution is 2.21. The molecule has 0 aliphatic carbocycles. The van der Waals surface area contributed by atoms with Gasteiger partial charge in [-0.15, -0.1) is 0 Å². The van der Waals surface area contributed by atoms with Gasteiger partial charge in [-0.25, -0.2) is 0 Å². The summed E-state index contributed by atoms with van der Waals surface area (Å²) in [5.41, 5.74) is 1.70. The first-order chi connectivity index (χ1) is 18.5. The normalized spacial score (nSPS) is 12.9. The van der Waals surface area contributed by atoms with E-state index < -0.39 is 30.5 Å². The molecule has 0 saturated heterocycles. The molecular formula is C30H39F3N3O3. The Balaban J connectivity index is 2.11. The van der Waals surface area contributed by atoms with Crippen LogP contribution in [0.15, 0.2) is 54.6 Å². The molecule has 3 amide bonds. The van der Waals surface area contributed by atoms with Gasteiger partial charge in [0.1, 0.15) is 0 Å². The summed E-state index contributed by atoms with van der Waals surface area (Å²) in [6.45, 7) is 9.05. The minimum absolute atomic E-state index is 0.103. The van der Waals surface area contributed by atoms with E-state index in [4.69, 9.17) is 0 Å². The van der Waals surface area contributed by atoms with Crippen LogP contribution in [0.3, 0.4) is 0 Å². The van der Waals surface area contributed by atoms with Crippen molar-refractivity contribution in [1.29, 1.82) is 0 Å². The summed E-state index contributed by atoms with van der Waals surface area (Å²) in [5, 5.41) is 5.47. The highest BCUT2D eigenvalue weighted by atomic mass is 19.4. The Kier molecular flexibility index (Phi) is 13.0. The molecule has 0 aliphatic rings. The van der Waals surface area contributed by atoms with Gasteiger partial charge in [0, 0.05) is 49.1 Å². The molecular weight excluding hydrogens is 507 g/mol. The van der Waals surface area contributed by atoms with E-state index in [2.05, 4.69) is 17.6 Å². The van der Waals surface area contributed by atoms with Gasteiger partial charge < -0.3 is 15.5 Å². The maximum Gasteiger partial charge on any atom is 0.389 e. The lowest BCUT2D eigenvalue weighted by molar-refractivity contribution is -0.136. The highest BCUT2D eigenvalue weighted by molar-refractivity contribution is 5.99. The Bertz CT molecular complexity index is 1050. The largest absolute Gasteiger partial charge is 0.389 e. The lowest BCUT2D eigenvalue weighted by atomic mass is 9.95. The summed E-state index contributed by atoms with van der Waals surface area (Å²) in [5.74, 6) is -1.77. The Labute approximate surface area is 229 Å². The number of hydrogen-bond acceptors (Lipinski definition) is 3. The number of alkyl halides is 3. The fraction of sp³-hybridized carbons (Fsp3) is 0.467. The van der Waals surface area contributed by atoms with Crippen molar-refractivity contribution in [2.24, 2.45) is 5.92 Å². The van der Waals surface area contributed by atoms with Gasteiger partial charge in [-0.05, 0) is 62.8 Å². The average molecular weight is 547 g/mol. The van der Waals surface area contributed by atoms with Crippen LogP contribution in [0, 0.1) is 12.8 Å². The number of benzene rings is 2. The average Bonchev–Trinajstić information content (AvgIpc) is 2.90. The fourth-order valence-corrected chi connectivity index (χ4v) is 4.29. The molecule has 0 aromatic heterocycles. The number of nitrogens with one attached hydrogen (secondary N) is 2. The molecule has 6 nitrogen and oxygen atoms in total. The van der Waals surface area contributed by atoms with E-state index >= 15 is 0 Å². The van der Waals surface area contributed by atoms with Crippen molar-refractivity contribution in [2.45, 2.75) is 64.6 Å². The third-order valence-corrected chi connectivity index (χ3v) is 6.18. The number of halogens is 3. The SMILES string of the molecule is [CH2]C(C[C@H](Cc1ccccc1)NC(=O)c1cccc(C(=O)N(CCC)CCC)c1)C(=O)NCCCC(F)(F)F. The first kappa shape index (κ1) is 31.9. The van der Waals surface area contributed by atoms with Crippen molar-refractivity contribution in [1.82, 2.24) is 15.5 Å². The standard InChI is InChI=1S/C30H39F3N3O3/c1-4-17-36(18-5-2)29(39)25-14-9-13-24(21-25)28(38)35-26(20-23-11-7-6-8-12-23)19-22(3)27(37)34-16-10-15-30(31,32)33/h6-9,11-14,21-22,26H,3-5,10,15-20H2,1-2H3,(H,34,37)(H,35,38)/t22?,26-/m1/s1. The first-order valence-corrected chi connectivity index (χ1v) is 13.5. The van der Waals surface area contributed by atoms with Crippen LogP contribution in [0.4, 0.5) is 13.2 Å². The summed E-state index contributed by atoms with van der Waals surface area (Å²) in [7, 11) is 0. The molecule has 1 radical (unpaired) electrons. The number of amides is 3. The molecule has 2 rings (SSSR count). The maximum atomic E-state index is 13.2. The number of nitrogens with zero attached hydrogens (tertiary/aromatic N) is 1. The molecule has 2 atom stereocenters. The monoisotopic (exact) mass is 546 g/mol. The van der Waals surface area contributed by atoms with E-state index in [1.165, 1.54) is 0 Å². The Morgan fingerprint density at radius 1 is 0.949 bits per heavy atom. The van der Waals surface area contributed by atoms with Crippen LogP contribution in [0.2, 0.25) is 0 Å². The lowest BCUT2D eigenvalue weighted by Crippen LogP contribution is -2.41. The van der Waals surface area contributed by atoms with Gasteiger partial charge in [0.2, 0.25) is 5.91 Å². The van der Waals surface area contributed by atoms with Crippen LogP contribution in [0.1, 0.15) is 72.2 Å². The molecule has 2 N–H and O–H groups in total. The van der Waals surface area contributed by atoms with Gasteiger partial charge in [0.25, 0.3) is 11.8 Å². The minimum Gasteiger partial charge on any atom is -0.356 e. The van der Waals surface area contributed by atoms with Crippen molar-refractivity contribution in [3.63, 3.8) is 0 Å². The van der Waals surface area contributed by atoms with Crippen molar-refractivity contribution in [3.8, 4) is 0 Å². The second kappa shape index (κ2) is 15.9. The van der Waals surface area contributed by atoms with Gasteiger partial charge in [0.15, 0.2) is 0 Å². The summed E-state index contributed by atoms with van der Waals surface area (Å²) in [6, 6.07) is 15.5. The second-order valence-electron chi connectivity index (χ2n) is 9.68. The van der Waals surface area contributed by atoms with E-state index in [0.29, 0.717) is 30.6 Å². The molecule has 39 heavy (non-hydrogen) atoms. The first-order valence-electron chi connectivity index (χ1n) is 13.5. The smallest absolute Gasteiger partial charge is 0.356 e. The maximum absolute atomic E-state index is 13.2. The molecule has 0 fully saturated rings. The topological polar surface area (TPSA) is 78.5 Å². The summed E-state index contributed by atoms with van der Waals surface area (Å²) in [6.07, 6.45) is -3.19. The van der Waals surface area contributed by atoms with E-state index in [-0.39, 0.29) is 31.2 Å². The van der Waals surface area contributed by atoms with Gasteiger partial charge in [-0.2, -0.15) is 13.2 Å². The van der Waals surface area contributed by atoms with Crippen LogP contribution < -0.4 is 10.6 Å². The van der Waals surface area contributed by atoms with Crippen molar-refractivity contribution in [3.05, 3.63) is 78.2 Å². The molecule has 213 valence electrons. The van der Waals surface area contributed by atoms with Crippen LogP contribution in [-0.4, -0.2) is 54.5 Å². The zero-order chi connectivity index (χ0) is 28.8. The molecule has 1 unspecified atom stereocenters. The molecule has 2 aromatic carbocycles. The van der Waals surface area contributed by atoms with Crippen LogP contribution in [0.25, 0.3) is 0 Å². The Hall–Kier alpha value is -3.36. The summed E-state index contributed by atoms with van der Waals surface area (Å²) in [4.78, 5) is 40.5. The third-order valence-electron chi connectivity index (χ3n) is 6.18. The minimum atomic E-state index is -4.27. The van der Waals surface area contributed by atoms with Crippen LogP contribution in [-0.2, 0) is 11.2 Å². The van der Waals surface area contributed by atoms with Gasteiger partial charge in [-0.3, -0.25) is 14.4 Å². The predicted octanol–water partition coefficient (Wildman–Crippen LogP) is 5.59. The Morgan fingerprint density at radius 3 is 2.21 bits per heavy atom. The molecule has 0 spiro atoms. The van der Waals surface area contributed by atoms with Gasteiger partial charge >= 0.3 is 6.18 Å². The number of carbonyl (C=O) groups excluding carboxylic acids is 3. The van der Waals surface area contributed by atoms with Crippen LogP contribution in [0.5, 0.6) is 0 Å². The molecule has 0 saturated carbocycles. The van der Waals surface area contributed by atoms with E-state index in [1.807, 2.05) is 44.2 Å². The van der Waals surface area contributed by atoms with Crippen LogP contribution >= 0.6 is 0 Å². The quantitative estimate of drug-likeness (QED) is 0.286. The molecule has 2 aromatic rings. The molecule has 0 aliphatic heterocycles. The zero-order valence-corrected chi connectivity index (χ0v) is 22.7. The molecule has 0 bridgehead atoms. The van der Waals surface area contributed by atoms with Crippen molar-refractivity contribution >= 4 is 17.7 Å². The van der Waals surface area contributed by atoms with Crippen molar-refractivity contribution < 1.29 is 27.6 Å². The molecule has 0 heterocycles. The predicted molar refractivity (Wildman–Crippen MR) is 146 cm³/mol. The number of hydrogen-bond donors (Lipinski definition) is 2.